The Hall–Kier alpha value is -2.33. The summed E-state index contributed by atoms with van der Waals surface area (Å²) in [6, 6.07) is 18.7. The fourth-order valence-corrected chi connectivity index (χ4v) is 4.15. The third-order valence-corrected chi connectivity index (χ3v) is 5.56. The van der Waals surface area contributed by atoms with Crippen LogP contribution in [0.1, 0.15) is 26.4 Å². The molecule has 0 spiro atoms. The van der Waals surface area contributed by atoms with Gasteiger partial charge < -0.3 is 5.32 Å². The molecule has 117 valence electrons. The number of carbonyl (C=O) groups is 1. The van der Waals surface area contributed by atoms with Crippen LogP contribution in [0.15, 0.2) is 54.6 Å². The van der Waals surface area contributed by atoms with Gasteiger partial charge >= 0.3 is 0 Å². The van der Waals surface area contributed by atoms with Crippen molar-refractivity contribution in [2.24, 2.45) is 0 Å². The molecule has 1 aromatic heterocycles. The zero-order chi connectivity index (χ0) is 16.5. The molecule has 1 aliphatic heterocycles. The molecule has 0 atom stereocenters. The molecule has 1 aliphatic rings. The van der Waals surface area contributed by atoms with Crippen LogP contribution in [0.3, 0.4) is 0 Å². The molecule has 0 saturated carbocycles. The Labute approximate surface area is 146 Å². The van der Waals surface area contributed by atoms with Crippen molar-refractivity contribution in [3.05, 3.63) is 76.2 Å². The van der Waals surface area contributed by atoms with Crippen molar-refractivity contribution in [1.82, 2.24) is 5.32 Å². The highest BCUT2D eigenvalue weighted by molar-refractivity contribution is 7.17. The van der Waals surface area contributed by atoms with Crippen molar-refractivity contribution in [2.45, 2.75) is 19.8 Å². The van der Waals surface area contributed by atoms with Crippen LogP contribution >= 0.6 is 11.3 Å². The predicted octanol–water partition coefficient (Wildman–Crippen LogP) is 3.50. The van der Waals surface area contributed by atoms with E-state index in [1.54, 1.807) is 11.3 Å². The van der Waals surface area contributed by atoms with E-state index in [4.69, 9.17) is 0 Å². The van der Waals surface area contributed by atoms with Gasteiger partial charge in [-0.15, -0.1) is 11.3 Å². The molecule has 0 unspecified atom stereocenters. The van der Waals surface area contributed by atoms with E-state index in [1.807, 2.05) is 6.07 Å². The summed E-state index contributed by atoms with van der Waals surface area (Å²) >= 11 is 1.59. The van der Waals surface area contributed by atoms with E-state index in [1.165, 1.54) is 27.0 Å². The second-order valence-corrected chi connectivity index (χ2v) is 7.18. The number of aryl methyl sites for hydroxylation is 1. The summed E-state index contributed by atoms with van der Waals surface area (Å²) in [4.78, 5) is 14.5. The zero-order valence-electron chi connectivity index (χ0n) is 13.5. The molecule has 4 heteroatoms. The monoisotopic (exact) mass is 330 g/mol. The standard InChI is InChI=1S/C20H17BNOS/c1-13-6-8-14(9-7-13)12-22-20(23)18-10-15-11-21-17-5-3-2-4-16(17)19(15)24-18/h2-10H,11-12H2,1H3,(H,22,23). The minimum absolute atomic E-state index is 0.00690. The van der Waals surface area contributed by atoms with Gasteiger partial charge in [0.05, 0.1) is 4.88 Å². The summed E-state index contributed by atoms with van der Waals surface area (Å²) in [6.07, 6.45) is 0.897. The largest absolute Gasteiger partial charge is 0.347 e. The molecule has 0 bridgehead atoms. The Morgan fingerprint density at radius 2 is 1.96 bits per heavy atom. The van der Waals surface area contributed by atoms with E-state index in [0.717, 1.165) is 16.8 Å². The van der Waals surface area contributed by atoms with Crippen molar-refractivity contribution >= 4 is 30.0 Å². The quantitative estimate of drug-likeness (QED) is 0.732. The Bertz CT molecular complexity index is 898. The highest BCUT2D eigenvalue weighted by Crippen LogP contribution is 2.34. The summed E-state index contributed by atoms with van der Waals surface area (Å²) in [5.41, 5.74) is 6.10. The van der Waals surface area contributed by atoms with Crippen LogP contribution in [-0.4, -0.2) is 13.2 Å². The van der Waals surface area contributed by atoms with E-state index in [2.05, 4.69) is 68.1 Å². The fourth-order valence-electron chi connectivity index (χ4n) is 3.00. The van der Waals surface area contributed by atoms with Gasteiger partial charge in [-0.05, 0) is 36.0 Å². The normalized spacial score (nSPS) is 12.0. The van der Waals surface area contributed by atoms with E-state index < -0.39 is 0 Å². The molecule has 1 radical (unpaired) electrons. The first-order valence-electron chi connectivity index (χ1n) is 8.10. The minimum Gasteiger partial charge on any atom is -0.347 e. The third-order valence-electron chi connectivity index (χ3n) is 4.35. The summed E-state index contributed by atoms with van der Waals surface area (Å²) in [5, 5.41) is 3.03. The Balaban J connectivity index is 1.52. The van der Waals surface area contributed by atoms with Gasteiger partial charge in [-0.2, -0.15) is 0 Å². The number of carbonyl (C=O) groups excluding carboxylic acids is 1. The third kappa shape index (κ3) is 2.90. The number of hydrogen-bond donors (Lipinski definition) is 1. The lowest BCUT2D eigenvalue weighted by atomic mass is 9.60. The van der Waals surface area contributed by atoms with Gasteiger partial charge in [0.25, 0.3) is 5.91 Å². The van der Waals surface area contributed by atoms with Gasteiger partial charge in [0.1, 0.15) is 0 Å². The highest BCUT2D eigenvalue weighted by Gasteiger charge is 2.21. The molecule has 2 aromatic carbocycles. The minimum atomic E-state index is 0.00690. The zero-order valence-corrected chi connectivity index (χ0v) is 14.3. The molecule has 2 nitrogen and oxygen atoms in total. The summed E-state index contributed by atoms with van der Waals surface area (Å²) in [5.74, 6) is 0.00690. The molecule has 24 heavy (non-hydrogen) atoms. The van der Waals surface area contributed by atoms with Crippen molar-refractivity contribution < 1.29 is 4.79 Å². The number of hydrogen-bond acceptors (Lipinski definition) is 2. The molecule has 1 amide bonds. The smallest absolute Gasteiger partial charge is 0.261 e. The SMILES string of the molecule is Cc1ccc(CNC(=O)c2cc3c(s2)-c2ccccc2[B]C3)cc1. The van der Waals surface area contributed by atoms with Crippen LogP contribution in [0.2, 0.25) is 0 Å². The molecule has 3 aromatic rings. The first-order chi connectivity index (χ1) is 11.7. The number of thiophene rings is 1. The first kappa shape index (κ1) is 15.2. The lowest BCUT2D eigenvalue weighted by molar-refractivity contribution is 0.0955. The van der Waals surface area contributed by atoms with E-state index in [9.17, 15) is 4.79 Å². The number of benzene rings is 2. The second-order valence-electron chi connectivity index (χ2n) is 6.13. The van der Waals surface area contributed by atoms with Crippen LogP contribution in [0.25, 0.3) is 10.4 Å². The Morgan fingerprint density at radius 3 is 2.79 bits per heavy atom. The molecule has 1 N–H and O–H groups in total. The number of nitrogens with one attached hydrogen (secondary N) is 1. The molecule has 0 saturated heterocycles. The van der Waals surface area contributed by atoms with Crippen LogP contribution in [0.4, 0.5) is 0 Å². The molecule has 0 aliphatic carbocycles. The van der Waals surface area contributed by atoms with Gasteiger partial charge in [0.15, 0.2) is 7.28 Å². The van der Waals surface area contributed by atoms with Gasteiger partial charge in [0.2, 0.25) is 0 Å². The summed E-state index contributed by atoms with van der Waals surface area (Å²) in [7, 11) is 2.23. The number of fused-ring (bicyclic) bond motifs is 3. The number of amides is 1. The molecule has 4 rings (SSSR count). The number of rotatable bonds is 3. The maximum Gasteiger partial charge on any atom is 0.261 e. The van der Waals surface area contributed by atoms with E-state index in [-0.39, 0.29) is 5.91 Å². The predicted molar refractivity (Wildman–Crippen MR) is 101 cm³/mol. The average molecular weight is 330 g/mol. The van der Waals surface area contributed by atoms with Crippen LogP contribution in [0.5, 0.6) is 0 Å². The Morgan fingerprint density at radius 1 is 1.17 bits per heavy atom. The van der Waals surface area contributed by atoms with Gasteiger partial charge in [-0.25, -0.2) is 0 Å². The highest BCUT2D eigenvalue weighted by atomic mass is 32.1. The van der Waals surface area contributed by atoms with Crippen molar-refractivity contribution in [3.8, 4) is 10.4 Å². The summed E-state index contributed by atoms with van der Waals surface area (Å²) in [6.45, 7) is 2.62. The van der Waals surface area contributed by atoms with E-state index in [0.29, 0.717) is 6.54 Å². The molecular formula is C20H17BNOS. The lowest BCUT2D eigenvalue weighted by Crippen LogP contribution is -2.23. The average Bonchev–Trinajstić information content (AvgIpc) is 3.06. The van der Waals surface area contributed by atoms with Crippen molar-refractivity contribution in [1.29, 1.82) is 0 Å². The fraction of sp³-hybridized carbons (Fsp3) is 0.150. The van der Waals surface area contributed by atoms with Crippen LogP contribution in [-0.2, 0) is 12.9 Å². The topological polar surface area (TPSA) is 29.1 Å². The van der Waals surface area contributed by atoms with Gasteiger partial charge in [0, 0.05) is 11.4 Å². The summed E-state index contributed by atoms with van der Waals surface area (Å²) < 4.78 is 0. The van der Waals surface area contributed by atoms with Gasteiger partial charge in [-0.1, -0.05) is 59.6 Å². The Kier molecular flexibility index (Phi) is 3.99. The maximum atomic E-state index is 12.5. The molecule has 0 fully saturated rings. The molecular weight excluding hydrogens is 313 g/mol. The first-order valence-corrected chi connectivity index (χ1v) is 8.91. The van der Waals surface area contributed by atoms with Crippen LogP contribution in [0, 0.1) is 6.92 Å². The van der Waals surface area contributed by atoms with Gasteiger partial charge in [-0.3, -0.25) is 4.79 Å². The molecule has 2 heterocycles. The lowest BCUT2D eigenvalue weighted by Gasteiger charge is -2.14. The second kappa shape index (κ2) is 6.29. The van der Waals surface area contributed by atoms with E-state index >= 15 is 0 Å². The maximum absolute atomic E-state index is 12.5. The van der Waals surface area contributed by atoms with Crippen molar-refractivity contribution in [2.75, 3.05) is 0 Å². The van der Waals surface area contributed by atoms with Crippen molar-refractivity contribution in [3.63, 3.8) is 0 Å². The van der Waals surface area contributed by atoms with Crippen LogP contribution < -0.4 is 10.8 Å².